The Morgan fingerprint density at radius 3 is 2.94 bits per heavy atom. The van der Waals surface area contributed by atoms with Gasteiger partial charge in [0, 0.05) is 16.9 Å². The summed E-state index contributed by atoms with van der Waals surface area (Å²) in [7, 11) is 0. The number of aryl methyl sites for hydroxylation is 1. The molecule has 2 heterocycles. The molecule has 3 rings (SSSR count). The predicted octanol–water partition coefficient (Wildman–Crippen LogP) is 2.24. The van der Waals surface area contributed by atoms with Crippen LogP contribution >= 0.6 is 11.5 Å². The minimum absolute atomic E-state index is 0.175. The number of aromatic nitrogens is 4. The fourth-order valence-electron chi connectivity index (χ4n) is 1.59. The Morgan fingerprint density at radius 1 is 1.28 bits per heavy atom. The number of nitrogens with one attached hydrogen (secondary N) is 1. The summed E-state index contributed by atoms with van der Waals surface area (Å²) < 4.78 is 4.09. The second-order valence-corrected chi connectivity index (χ2v) is 4.45. The average molecular weight is 259 g/mol. The molecule has 90 valence electrons. The van der Waals surface area contributed by atoms with Crippen molar-refractivity contribution in [3.63, 3.8) is 0 Å². The smallest absolute Gasteiger partial charge is 0.208 e. The maximum absolute atomic E-state index is 9.52. The van der Waals surface area contributed by atoms with E-state index in [1.165, 1.54) is 17.9 Å². The molecule has 0 saturated carbocycles. The molecule has 0 radical (unpaired) electrons. The van der Waals surface area contributed by atoms with E-state index in [0.29, 0.717) is 16.8 Å². The van der Waals surface area contributed by atoms with Crippen LogP contribution in [0.3, 0.4) is 0 Å². The van der Waals surface area contributed by atoms with Crippen molar-refractivity contribution in [3.05, 3.63) is 30.4 Å². The third-order valence-corrected chi connectivity index (χ3v) is 3.09. The lowest BCUT2D eigenvalue weighted by atomic mass is 10.2. The highest BCUT2D eigenvalue weighted by molar-refractivity contribution is 7.09. The highest BCUT2D eigenvalue weighted by Crippen LogP contribution is 2.26. The lowest BCUT2D eigenvalue weighted by Gasteiger charge is -2.05. The minimum Gasteiger partial charge on any atom is -0.508 e. The summed E-state index contributed by atoms with van der Waals surface area (Å²) in [5.74, 6) is 1.49. The van der Waals surface area contributed by atoms with E-state index in [-0.39, 0.29) is 5.75 Å². The number of hydrogen-bond acceptors (Lipinski definition) is 7. The molecule has 0 unspecified atom stereocenters. The van der Waals surface area contributed by atoms with Gasteiger partial charge in [-0.2, -0.15) is 4.37 Å². The third kappa shape index (κ3) is 1.95. The summed E-state index contributed by atoms with van der Waals surface area (Å²) in [6.07, 6.45) is 1.47. The Balaban J connectivity index is 2.08. The van der Waals surface area contributed by atoms with Crippen LogP contribution in [0.1, 0.15) is 5.82 Å². The van der Waals surface area contributed by atoms with Gasteiger partial charge < -0.3 is 10.4 Å². The van der Waals surface area contributed by atoms with Crippen LogP contribution in [-0.2, 0) is 0 Å². The van der Waals surface area contributed by atoms with Gasteiger partial charge in [-0.3, -0.25) is 0 Å². The number of nitrogens with zero attached hydrogens (tertiary/aromatic N) is 4. The van der Waals surface area contributed by atoms with Crippen LogP contribution in [0, 0.1) is 6.92 Å². The first-order chi connectivity index (χ1) is 8.72. The lowest BCUT2D eigenvalue weighted by Crippen LogP contribution is -1.95. The van der Waals surface area contributed by atoms with E-state index < -0.39 is 0 Å². The summed E-state index contributed by atoms with van der Waals surface area (Å²) in [5.41, 5.74) is 0.756. The minimum atomic E-state index is 0.175. The van der Waals surface area contributed by atoms with Crippen molar-refractivity contribution in [2.75, 3.05) is 5.32 Å². The van der Waals surface area contributed by atoms with Gasteiger partial charge in [0.25, 0.3) is 0 Å². The molecule has 0 saturated heterocycles. The van der Waals surface area contributed by atoms with Crippen LogP contribution in [0.5, 0.6) is 5.75 Å². The molecule has 18 heavy (non-hydrogen) atoms. The summed E-state index contributed by atoms with van der Waals surface area (Å²) in [4.78, 5) is 12.5. The van der Waals surface area contributed by atoms with Crippen molar-refractivity contribution in [3.8, 4) is 5.75 Å². The first-order valence-electron chi connectivity index (χ1n) is 5.23. The number of aromatic hydroxyl groups is 1. The zero-order valence-corrected chi connectivity index (χ0v) is 10.3. The Morgan fingerprint density at radius 2 is 2.17 bits per heavy atom. The van der Waals surface area contributed by atoms with Gasteiger partial charge in [-0.05, 0) is 25.1 Å². The molecule has 2 N–H and O–H groups in total. The quantitative estimate of drug-likeness (QED) is 0.734. The number of phenols is 1. The van der Waals surface area contributed by atoms with Gasteiger partial charge in [0.2, 0.25) is 5.13 Å². The predicted molar refractivity (Wildman–Crippen MR) is 69.1 cm³/mol. The van der Waals surface area contributed by atoms with Gasteiger partial charge in [-0.1, -0.05) is 0 Å². The molecule has 0 aliphatic carbocycles. The normalized spacial score (nSPS) is 10.7. The number of fused-ring (bicyclic) bond motifs is 1. The molecular formula is C11H9N5OS. The molecule has 0 amide bonds. The first kappa shape index (κ1) is 10.8. The molecule has 0 atom stereocenters. The standard InChI is InChI=1S/C11H9N5OS/c1-6-14-11(18-16-6)15-10-8-4-7(17)2-3-9(8)12-5-13-10/h2-5,17H,1H3,(H,12,13,14,15,16). The molecule has 0 fully saturated rings. The highest BCUT2D eigenvalue weighted by Gasteiger charge is 2.07. The summed E-state index contributed by atoms with van der Waals surface area (Å²) in [6.45, 7) is 1.82. The largest absolute Gasteiger partial charge is 0.508 e. The van der Waals surface area contributed by atoms with Crippen molar-refractivity contribution in [1.82, 2.24) is 19.3 Å². The van der Waals surface area contributed by atoms with Gasteiger partial charge in [-0.25, -0.2) is 15.0 Å². The number of benzene rings is 1. The highest BCUT2D eigenvalue weighted by atomic mass is 32.1. The Bertz CT molecular complexity index is 711. The van der Waals surface area contributed by atoms with Crippen molar-refractivity contribution >= 4 is 33.4 Å². The monoisotopic (exact) mass is 259 g/mol. The summed E-state index contributed by atoms with van der Waals surface area (Å²) in [6, 6.07) is 4.95. The number of phenolic OH excluding ortho intramolecular Hbond substituents is 1. The van der Waals surface area contributed by atoms with Crippen molar-refractivity contribution in [1.29, 1.82) is 0 Å². The fraction of sp³-hybridized carbons (Fsp3) is 0.0909. The van der Waals surface area contributed by atoms with Crippen LogP contribution < -0.4 is 5.32 Å². The molecule has 3 aromatic rings. The molecular weight excluding hydrogens is 250 g/mol. The van der Waals surface area contributed by atoms with Crippen LogP contribution in [0.15, 0.2) is 24.5 Å². The van der Waals surface area contributed by atoms with Gasteiger partial charge >= 0.3 is 0 Å². The van der Waals surface area contributed by atoms with Crippen LogP contribution in [0.25, 0.3) is 10.9 Å². The molecule has 2 aromatic heterocycles. The summed E-state index contributed by atoms with van der Waals surface area (Å²) >= 11 is 1.26. The number of rotatable bonds is 2. The van der Waals surface area contributed by atoms with E-state index in [1.54, 1.807) is 18.2 Å². The SMILES string of the molecule is Cc1nsc(Nc2ncnc3ccc(O)cc23)n1. The zero-order chi connectivity index (χ0) is 12.5. The second-order valence-electron chi connectivity index (χ2n) is 3.70. The van der Waals surface area contributed by atoms with Crippen LogP contribution in [0.2, 0.25) is 0 Å². The molecule has 6 nitrogen and oxygen atoms in total. The van der Waals surface area contributed by atoms with Gasteiger partial charge in [-0.15, -0.1) is 0 Å². The van der Waals surface area contributed by atoms with Crippen molar-refractivity contribution < 1.29 is 5.11 Å². The molecule has 0 spiro atoms. The van der Waals surface area contributed by atoms with E-state index in [4.69, 9.17) is 0 Å². The Hall–Kier alpha value is -2.28. The van der Waals surface area contributed by atoms with E-state index in [0.717, 1.165) is 10.9 Å². The topological polar surface area (TPSA) is 83.8 Å². The van der Waals surface area contributed by atoms with Gasteiger partial charge in [0.15, 0.2) is 0 Å². The van der Waals surface area contributed by atoms with Crippen molar-refractivity contribution in [2.24, 2.45) is 0 Å². The number of anilines is 2. The Labute approximate surface area is 107 Å². The van der Waals surface area contributed by atoms with Gasteiger partial charge in [0.05, 0.1) is 5.52 Å². The second kappa shape index (κ2) is 4.19. The van der Waals surface area contributed by atoms with Crippen LogP contribution in [0.4, 0.5) is 10.9 Å². The molecule has 0 bridgehead atoms. The first-order valence-corrected chi connectivity index (χ1v) is 6.01. The molecule has 7 heteroatoms. The van der Waals surface area contributed by atoms with E-state index in [9.17, 15) is 5.11 Å². The molecule has 0 aliphatic rings. The van der Waals surface area contributed by atoms with E-state index >= 15 is 0 Å². The fourth-order valence-corrected chi connectivity index (χ4v) is 2.17. The average Bonchev–Trinajstić information content (AvgIpc) is 2.76. The Kier molecular flexibility index (Phi) is 2.52. The molecule has 1 aromatic carbocycles. The maximum Gasteiger partial charge on any atom is 0.208 e. The van der Waals surface area contributed by atoms with E-state index in [2.05, 4.69) is 24.6 Å². The number of hydrogen-bond donors (Lipinski definition) is 2. The summed E-state index contributed by atoms with van der Waals surface area (Å²) in [5, 5.41) is 14.0. The maximum atomic E-state index is 9.52. The van der Waals surface area contributed by atoms with E-state index in [1.807, 2.05) is 6.92 Å². The van der Waals surface area contributed by atoms with Crippen LogP contribution in [-0.4, -0.2) is 24.4 Å². The van der Waals surface area contributed by atoms with Gasteiger partial charge in [0.1, 0.15) is 23.7 Å². The van der Waals surface area contributed by atoms with Crippen molar-refractivity contribution in [2.45, 2.75) is 6.92 Å². The zero-order valence-electron chi connectivity index (χ0n) is 9.45. The third-order valence-electron chi connectivity index (χ3n) is 2.37. The molecule has 0 aliphatic heterocycles. The lowest BCUT2D eigenvalue weighted by molar-refractivity contribution is 0.476.